The molecule has 0 radical (unpaired) electrons. The third-order valence-electron chi connectivity index (χ3n) is 5.21. The Kier molecular flexibility index (Phi) is 4.57. The van der Waals surface area contributed by atoms with E-state index in [4.69, 9.17) is 4.74 Å². The second-order valence-corrected chi connectivity index (χ2v) is 8.23. The Labute approximate surface area is 162 Å². The lowest BCUT2D eigenvalue weighted by atomic mass is 9.58. The van der Waals surface area contributed by atoms with Gasteiger partial charge in [0.05, 0.1) is 5.41 Å². The highest BCUT2D eigenvalue weighted by Gasteiger charge is 2.48. The van der Waals surface area contributed by atoms with Crippen LogP contribution in [0.3, 0.4) is 0 Å². The van der Waals surface area contributed by atoms with Gasteiger partial charge < -0.3 is 9.30 Å². The lowest BCUT2D eigenvalue weighted by Gasteiger charge is -2.46. The molecule has 0 bridgehead atoms. The molecule has 2 aromatic carbocycles. The van der Waals surface area contributed by atoms with Crippen molar-refractivity contribution in [1.82, 2.24) is 14.8 Å². The fourth-order valence-corrected chi connectivity index (χ4v) is 4.53. The van der Waals surface area contributed by atoms with Crippen LogP contribution in [0, 0.1) is 5.92 Å². The van der Waals surface area contributed by atoms with E-state index in [0.29, 0.717) is 12.5 Å². The summed E-state index contributed by atoms with van der Waals surface area (Å²) >= 11 is 3.66. The molecule has 134 valence electrons. The zero-order chi connectivity index (χ0) is 18.1. The van der Waals surface area contributed by atoms with Crippen LogP contribution >= 0.6 is 15.9 Å². The fourth-order valence-electron chi connectivity index (χ4n) is 4.06. The average Bonchev–Trinajstić information content (AvgIpc) is 3.03. The molecule has 1 fully saturated rings. The maximum Gasteiger partial charge on any atom is 0.143 e. The van der Waals surface area contributed by atoms with Gasteiger partial charge in [-0.25, -0.2) is 0 Å². The first-order valence-corrected chi connectivity index (χ1v) is 9.68. The van der Waals surface area contributed by atoms with Crippen molar-refractivity contribution in [2.75, 3.05) is 0 Å². The second-order valence-electron chi connectivity index (χ2n) is 7.31. The Hall–Kier alpha value is -2.14. The summed E-state index contributed by atoms with van der Waals surface area (Å²) in [6.07, 6.45) is 3.94. The minimum Gasteiger partial charge on any atom is -0.489 e. The van der Waals surface area contributed by atoms with Gasteiger partial charge in [-0.3, -0.25) is 0 Å². The molecule has 0 unspecified atom stereocenters. The van der Waals surface area contributed by atoms with Gasteiger partial charge in [0.2, 0.25) is 0 Å². The number of halogens is 1. The van der Waals surface area contributed by atoms with Crippen LogP contribution in [0.2, 0.25) is 0 Å². The van der Waals surface area contributed by atoms with Crippen molar-refractivity contribution in [1.29, 1.82) is 0 Å². The summed E-state index contributed by atoms with van der Waals surface area (Å²) in [5, 5.41) is 8.54. The standard InChI is InChI=1S/C21H22BrN3O/c1-15-11-21(12-15,20-24-23-14-25(20)2)17-8-18(22)10-19(9-17)26-13-16-6-4-3-5-7-16/h3-10,14-15H,11-13H2,1-2H3. The quantitative estimate of drug-likeness (QED) is 0.600. The van der Waals surface area contributed by atoms with Gasteiger partial charge in [0, 0.05) is 11.5 Å². The number of hydrogen-bond acceptors (Lipinski definition) is 3. The normalized spacial score (nSPS) is 22.0. The summed E-state index contributed by atoms with van der Waals surface area (Å²) in [6, 6.07) is 16.6. The Morgan fingerprint density at radius 1 is 1.19 bits per heavy atom. The topological polar surface area (TPSA) is 39.9 Å². The Bertz CT molecular complexity index is 901. The van der Waals surface area contributed by atoms with Gasteiger partial charge in [0.15, 0.2) is 0 Å². The summed E-state index contributed by atoms with van der Waals surface area (Å²) < 4.78 is 9.14. The highest BCUT2D eigenvalue weighted by Crippen LogP contribution is 2.52. The van der Waals surface area contributed by atoms with Crippen molar-refractivity contribution in [2.45, 2.75) is 31.8 Å². The van der Waals surface area contributed by atoms with E-state index in [2.05, 4.69) is 57.3 Å². The van der Waals surface area contributed by atoms with E-state index in [-0.39, 0.29) is 5.41 Å². The molecule has 26 heavy (non-hydrogen) atoms. The lowest BCUT2D eigenvalue weighted by molar-refractivity contribution is 0.184. The molecule has 0 aliphatic heterocycles. The molecule has 1 aromatic heterocycles. The van der Waals surface area contributed by atoms with Crippen LogP contribution in [0.1, 0.15) is 36.7 Å². The maximum atomic E-state index is 6.08. The molecule has 1 aliphatic rings. The SMILES string of the molecule is CC1CC(c2cc(Br)cc(OCc3ccccc3)c2)(c2nncn2C)C1. The smallest absolute Gasteiger partial charge is 0.143 e. The Morgan fingerprint density at radius 3 is 2.62 bits per heavy atom. The van der Waals surface area contributed by atoms with Gasteiger partial charge in [-0.15, -0.1) is 10.2 Å². The summed E-state index contributed by atoms with van der Waals surface area (Å²) in [5.74, 6) is 2.58. The van der Waals surface area contributed by atoms with Crippen LogP contribution < -0.4 is 4.74 Å². The molecule has 5 heteroatoms. The van der Waals surface area contributed by atoms with Gasteiger partial charge in [0.25, 0.3) is 0 Å². The second kappa shape index (κ2) is 6.88. The molecule has 1 saturated carbocycles. The summed E-state index contributed by atoms with van der Waals surface area (Å²) in [5.41, 5.74) is 2.32. The first-order valence-electron chi connectivity index (χ1n) is 8.89. The van der Waals surface area contributed by atoms with Crippen molar-refractivity contribution in [3.8, 4) is 5.75 Å². The minimum absolute atomic E-state index is 0.0840. The van der Waals surface area contributed by atoms with Crippen molar-refractivity contribution in [3.63, 3.8) is 0 Å². The Morgan fingerprint density at radius 2 is 1.96 bits per heavy atom. The Balaban J connectivity index is 1.65. The highest BCUT2D eigenvalue weighted by molar-refractivity contribution is 9.10. The monoisotopic (exact) mass is 411 g/mol. The van der Waals surface area contributed by atoms with Crippen LogP contribution in [0.5, 0.6) is 5.75 Å². The lowest BCUT2D eigenvalue weighted by Crippen LogP contribution is -2.43. The number of rotatable bonds is 5. The van der Waals surface area contributed by atoms with Crippen LogP contribution in [0.4, 0.5) is 0 Å². The number of aromatic nitrogens is 3. The van der Waals surface area contributed by atoms with Crippen LogP contribution in [0.25, 0.3) is 0 Å². The van der Waals surface area contributed by atoms with E-state index in [9.17, 15) is 0 Å². The van der Waals surface area contributed by atoms with Crippen molar-refractivity contribution >= 4 is 15.9 Å². The molecule has 4 rings (SSSR count). The van der Waals surface area contributed by atoms with E-state index in [1.807, 2.05) is 35.9 Å². The van der Waals surface area contributed by atoms with Crippen LogP contribution in [-0.2, 0) is 19.1 Å². The fraction of sp³-hybridized carbons (Fsp3) is 0.333. The molecule has 0 amide bonds. The molecule has 0 atom stereocenters. The molecule has 1 aliphatic carbocycles. The third-order valence-corrected chi connectivity index (χ3v) is 5.66. The predicted octanol–water partition coefficient (Wildman–Crippen LogP) is 4.87. The maximum absolute atomic E-state index is 6.08. The van der Waals surface area contributed by atoms with Gasteiger partial charge in [0.1, 0.15) is 24.5 Å². The summed E-state index contributed by atoms with van der Waals surface area (Å²) in [6.45, 7) is 2.85. The number of nitrogens with zero attached hydrogens (tertiary/aromatic N) is 3. The zero-order valence-electron chi connectivity index (χ0n) is 15.0. The highest BCUT2D eigenvalue weighted by atomic mass is 79.9. The molecule has 0 N–H and O–H groups in total. The molecule has 0 saturated heterocycles. The van der Waals surface area contributed by atoms with E-state index >= 15 is 0 Å². The first kappa shape index (κ1) is 17.3. The van der Waals surface area contributed by atoms with Crippen molar-refractivity contribution < 1.29 is 4.74 Å². The molecular weight excluding hydrogens is 390 g/mol. The third kappa shape index (κ3) is 3.16. The van der Waals surface area contributed by atoms with Crippen LogP contribution in [0.15, 0.2) is 59.3 Å². The largest absolute Gasteiger partial charge is 0.489 e. The molecule has 0 spiro atoms. The van der Waals surface area contributed by atoms with Gasteiger partial charge >= 0.3 is 0 Å². The van der Waals surface area contributed by atoms with Crippen molar-refractivity contribution in [2.24, 2.45) is 13.0 Å². The molecular formula is C21H22BrN3O. The predicted molar refractivity (Wildman–Crippen MR) is 105 cm³/mol. The van der Waals surface area contributed by atoms with E-state index in [1.165, 1.54) is 5.56 Å². The summed E-state index contributed by atoms with van der Waals surface area (Å²) in [4.78, 5) is 0. The number of benzene rings is 2. The number of ether oxygens (including phenoxy) is 1. The van der Waals surface area contributed by atoms with Crippen molar-refractivity contribution in [3.05, 3.63) is 76.3 Å². The first-order chi connectivity index (χ1) is 12.6. The number of hydrogen-bond donors (Lipinski definition) is 0. The molecule has 1 heterocycles. The minimum atomic E-state index is -0.0840. The molecule has 3 aromatic rings. The average molecular weight is 412 g/mol. The zero-order valence-corrected chi connectivity index (χ0v) is 16.6. The van der Waals surface area contributed by atoms with Gasteiger partial charge in [-0.2, -0.15) is 0 Å². The van der Waals surface area contributed by atoms with E-state index < -0.39 is 0 Å². The van der Waals surface area contributed by atoms with Crippen LogP contribution in [-0.4, -0.2) is 14.8 Å². The molecule has 4 nitrogen and oxygen atoms in total. The van der Waals surface area contributed by atoms with Gasteiger partial charge in [-0.05, 0) is 48.1 Å². The van der Waals surface area contributed by atoms with Gasteiger partial charge in [-0.1, -0.05) is 53.2 Å². The number of aryl methyl sites for hydroxylation is 1. The van der Waals surface area contributed by atoms with E-state index in [1.54, 1.807) is 6.33 Å². The van der Waals surface area contributed by atoms with E-state index in [0.717, 1.165) is 34.5 Å². The summed E-state index contributed by atoms with van der Waals surface area (Å²) in [7, 11) is 2.02.